The number of hydrogen-bond acceptors (Lipinski definition) is 2. The highest BCUT2D eigenvalue weighted by Gasteiger charge is 2.34. The van der Waals surface area contributed by atoms with E-state index in [-0.39, 0.29) is 11.1 Å². The number of carboxylic acids is 1. The molecule has 0 amide bonds. The number of nitrogens with zero attached hydrogens (tertiary/aromatic N) is 1. The molecule has 0 saturated carbocycles. The molecular weight excluding hydrogens is 271 g/mol. The minimum Gasteiger partial charge on any atom is -0.481 e. The van der Waals surface area contributed by atoms with Gasteiger partial charge >= 0.3 is 12.1 Å². The Morgan fingerprint density at radius 1 is 1.20 bits per heavy atom. The Labute approximate surface area is 112 Å². The van der Waals surface area contributed by atoms with Gasteiger partial charge in [-0.2, -0.15) is 13.2 Å². The fourth-order valence-corrected chi connectivity index (χ4v) is 1.99. The Morgan fingerprint density at radius 3 is 2.50 bits per heavy atom. The molecule has 20 heavy (non-hydrogen) atoms. The van der Waals surface area contributed by atoms with Gasteiger partial charge in [-0.05, 0) is 23.3 Å². The first-order chi connectivity index (χ1) is 9.39. The molecule has 2 rings (SSSR count). The summed E-state index contributed by atoms with van der Waals surface area (Å²) in [5.74, 6) is -1.31. The van der Waals surface area contributed by atoms with E-state index in [0.29, 0.717) is 5.56 Å². The van der Waals surface area contributed by atoms with Crippen molar-refractivity contribution in [1.82, 2.24) is 4.98 Å². The molecule has 0 aliphatic carbocycles. The Hall–Kier alpha value is -2.37. The highest BCUT2D eigenvalue weighted by Crippen LogP contribution is 2.36. The molecule has 2 aromatic rings. The van der Waals surface area contributed by atoms with Crippen molar-refractivity contribution in [2.24, 2.45) is 0 Å². The van der Waals surface area contributed by atoms with Crippen molar-refractivity contribution in [3.63, 3.8) is 0 Å². The van der Waals surface area contributed by atoms with Crippen molar-refractivity contribution in [3.8, 4) is 11.1 Å². The largest absolute Gasteiger partial charge is 0.481 e. The van der Waals surface area contributed by atoms with Crippen LogP contribution in [0.15, 0.2) is 42.7 Å². The molecule has 104 valence electrons. The number of alkyl halides is 3. The van der Waals surface area contributed by atoms with Gasteiger partial charge in [0, 0.05) is 18.0 Å². The Bertz CT molecular complexity index is 624. The van der Waals surface area contributed by atoms with Crippen LogP contribution in [0.25, 0.3) is 11.1 Å². The summed E-state index contributed by atoms with van der Waals surface area (Å²) in [6.45, 7) is 0. The molecule has 6 heteroatoms. The minimum absolute atomic E-state index is 0.232. The second-order valence-electron chi connectivity index (χ2n) is 4.14. The van der Waals surface area contributed by atoms with Crippen LogP contribution in [0.2, 0.25) is 0 Å². The number of aliphatic carboxylic acids is 1. The van der Waals surface area contributed by atoms with Gasteiger partial charge in [-0.25, -0.2) is 0 Å². The molecule has 0 aliphatic rings. The number of carbonyl (C=O) groups is 1. The van der Waals surface area contributed by atoms with Crippen LogP contribution in [0.3, 0.4) is 0 Å². The van der Waals surface area contributed by atoms with Crippen molar-refractivity contribution < 1.29 is 23.1 Å². The van der Waals surface area contributed by atoms with Gasteiger partial charge in [-0.15, -0.1) is 0 Å². The van der Waals surface area contributed by atoms with E-state index in [4.69, 9.17) is 5.11 Å². The average Bonchev–Trinajstić information content (AvgIpc) is 2.38. The molecule has 0 spiro atoms. The molecule has 1 heterocycles. The molecule has 0 saturated heterocycles. The van der Waals surface area contributed by atoms with Gasteiger partial charge in [0.25, 0.3) is 0 Å². The van der Waals surface area contributed by atoms with Crippen LogP contribution >= 0.6 is 0 Å². The summed E-state index contributed by atoms with van der Waals surface area (Å²) in [5.41, 5.74) is -0.494. The maximum absolute atomic E-state index is 13.0. The summed E-state index contributed by atoms with van der Waals surface area (Å²) in [6, 6.07) is 6.78. The summed E-state index contributed by atoms with van der Waals surface area (Å²) in [5, 5.41) is 8.85. The van der Waals surface area contributed by atoms with Crippen LogP contribution in [-0.4, -0.2) is 16.1 Å². The fraction of sp³-hybridized carbons (Fsp3) is 0.143. The predicted molar refractivity (Wildman–Crippen MR) is 66.0 cm³/mol. The third kappa shape index (κ3) is 2.96. The van der Waals surface area contributed by atoms with Gasteiger partial charge in [-0.1, -0.05) is 18.2 Å². The molecule has 0 unspecified atom stereocenters. The van der Waals surface area contributed by atoms with E-state index in [1.54, 1.807) is 12.1 Å². The Morgan fingerprint density at radius 2 is 1.95 bits per heavy atom. The quantitative estimate of drug-likeness (QED) is 0.938. The molecule has 1 N–H and O–H groups in total. The molecular formula is C14H10F3NO2. The second kappa shape index (κ2) is 5.32. The van der Waals surface area contributed by atoms with Gasteiger partial charge in [0.2, 0.25) is 0 Å². The van der Waals surface area contributed by atoms with Crippen molar-refractivity contribution in [2.75, 3.05) is 0 Å². The van der Waals surface area contributed by atoms with Crippen LogP contribution in [0.1, 0.15) is 11.1 Å². The van der Waals surface area contributed by atoms with Gasteiger partial charge in [-0.3, -0.25) is 9.78 Å². The lowest BCUT2D eigenvalue weighted by Gasteiger charge is -2.15. The maximum atomic E-state index is 13.0. The topological polar surface area (TPSA) is 50.2 Å². The summed E-state index contributed by atoms with van der Waals surface area (Å²) >= 11 is 0. The molecule has 1 aromatic heterocycles. The van der Waals surface area contributed by atoms with E-state index in [9.17, 15) is 18.0 Å². The molecule has 0 radical (unpaired) electrons. The van der Waals surface area contributed by atoms with Crippen LogP contribution < -0.4 is 0 Å². The van der Waals surface area contributed by atoms with E-state index in [2.05, 4.69) is 4.98 Å². The fourth-order valence-electron chi connectivity index (χ4n) is 1.99. The summed E-state index contributed by atoms with van der Waals surface area (Å²) in [7, 11) is 0. The van der Waals surface area contributed by atoms with E-state index in [0.717, 1.165) is 6.07 Å². The zero-order valence-electron chi connectivity index (χ0n) is 10.2. The summed E-state index contributed by atoms with van der Waals surface area (Å²) < 4.78 is 39.0. The predicted octanol–water partition coefficient (Wildman–Crippen LogP) is 3.39. The smallest absolute Gasteiger partial charge is 0.416 e. The zero-order chi connectivity index (χ0) is 14.8. The second-order valence-corrected chi connectivity index (χ2v) is 4.14. The molecule has 0 bridgehead atoms. The maximum Gasteiger partial charge on any atom is 0.416 e. The van der Waals surface area contributed by atoms with Crippen LogP contribution in [-0.2, 0) is 17.4 Å². The van der Waals surface area contributed by atoms with Gasteiger partial charge in [0.1, 0.15) is 0 Å². The van der Waals surface area contributed by atoms with Gasteiger partial charge in [0.15, 0.2) is 0 Å². The molecule has 0 fully saturated rings. The Balaban J connectivity index is 2.65. The summed E-state index contributed by atoms with van der Waals surface area (Å²) in [6.07, 6.45) is -2.39. The van der Waals surface area contributed by atoms with E-state index in [1.165, 1.54) is 24.5 Å². The lowest BCUT2D eigenvalue weighted by molar-refractivity contribution is -0.139. The van der Waals surface area contributed by atoms with Crippen molar-refractivity contribution in [3.05, 3.63) is 53.9 Å². The first-order valence-electron chi connectivity index (χ1n) is 5.71. The minimum atomic E-state index is -4.59. The number of aromatic nitrogens is 1. The number of benzene rings is 1. The van der Waals surface area contributed by atoms with Crippen molar-refractivity contribution in [2.45, 2.75) is 12.6 Å². The monoisotopic (exact) mass is 281 g/mol. The lowest BCUT2D eigenvalue weighted by atomic mass is 9.94. The number of pyridine rings is 1. The molecule has 1 aromatic carbocycles. The number of carboxylic acid groups (broad SMARTS) is 1. The van der Waals surface area contributed by atoms with Crippen LogP contribution in [0.5, 0.6) is 0 Å². The first kappa shape index (κ1) is 14.0. The third-order valence-corrected chi connectivity index (χ3v) is 2.78. The van der Waals surface area contributed by atoms with Crippen LogP contribution in [0, 0.1) is 0 Å². The van der Waals surface area contributed by atoms with E-state index < -0.39 is 24.1 Å². The van der Waals surface area contributed by atoms with Gasteiger partial charge < -0.3 is 5.11 Å². The number of hydrogen-bond donors (Lipinski definition) is 1. The van der Waals surface area contributed by atoms with Gasteiger partial charge in [0.05, 0.1) is 12.0 Å². The number of halogens is 3. The molecule has 0 aliphatic heterocycles. The van der Waals surface area contributed by atoms with Crippen molar-refractivity contribution >= 4 is 5.97 Å². The number of rotatable bonds is 3. The van der Waals surface area contributed by atoms with Crippen molar-refractivity contribution in [1.29, 1.82) is 0 Å². The van der Waals surface area contributed by atoms with E-state index in [1.807, 2.05) is 0 Å². The third-order valence-electron chi connectivity index (χ3n) is 2.78. The highest BCUT2D eigenvalue weighted by molar-refractivity contribution is 5.77. The molecule has 3 nitrogen and oxygen atoms in total. The molecule has 0 atom stereocenters. The van der Waals surface area contributed by atoms with Crippen LogP contribution in [0.4, 0.5) is 13.2 Å². The first-order valence-corrected chi connectivity index (χ1v) is 5.71. The van der Waals surface area contributed by atoms with E-state index >= 15 is 0 Å². The normalized spacial score (nSPS) is 11.3. The highest BCUT2D eigenvalue weighted by atomic mass is 19.4. The SMILES string of the molecule is O=C(O)Cc1c(-c2cccnc2)cccc1C(F)(F)F. The zero-order valence-corrected chi connectivity index (χ0v) is 10.2. The summed E-state index contributed by atoms with van der Waals surface area (Å²) in [4.78, 5) is 14.7. The lowest BCUT2D eigenvalue weighted by Crippen LogP contribution is -2.13. The Kier molecular flexibility index (Phi) is 3.74. The average molecular weight is 281 g/mol. The standard InChI is InChI=1S/C14H10F3NO2/c15-14(16,17)12-5-1-4-10(11(12)7-13(19)20)9-3-2-6-18-8-9/h1-6,8H,7H2,(H,19,20).